The number of benzene rings is 1. The van der Waals surface area contributed by atoms with Gasteiger partial charge in [0, 0.05) is 18.0 Å². The van der Waals surface area contributed by atoms with E-state index in [1.54, 1.807) is 0 Å². The van der Waals surface area contributed by atoms with E-state index in [1.807, 2.05) is 12.1 Å². The zero-order valence-electron chi connectivity index (χ0n) is 14.0. The molecule has 1 aromatic carbocycles. The molecule has 0 radical (unpaired) electrons. The van der Waals surface area contributed by atoms with Crippen molar-refractivity contribution in [3.63, 3.8) is 0 Å². The molecule has 0 bridgehead atoms. The van der Waals surface area contributed by atoms with Crippen molar-refractivity contribution in [3.05, 3.63) is 45.5 Å². The van der Waals surface area contributed by atoms with Crippen LogP contribution in [-0.4, -0.2) is 27.6 Å². The first-order valence-electron chi connectivity index (χ1n) is 8.81. The highest BCUT2D eigenvalue weighted by Gasteiger charge is 2.43. The summed E-state index contributed by atoms with van der Waals surface area (Å²) in [5, 5.41) is 5.31. The normalized spacial score (nSPS) is 19.2. The van der Waals surface area contributed by atoms with Gasteiger partial charge in [0.15, 0.2) is 5.82 Å². The molecule has 0 saturated heterocycles. The second-order valence-electron chi connectivity index (χ2n) is 7.21. The van der Waals surface area contributed by atoms with Crippen molar-refractivity contribution in [2.75, 3.05) is 6.54 Å². The first-order chi connectivity index (χ1) is 12.1. The molecule has 1 heterocycles. The molecule has 7 heteroatoms. The number of nitrogens with zero attached hydrogens (tertiary/aromatic N) is 3. The highest BCUT2D eigenvalue weighted by atomic mass is 35.5. The number of hydrogen-bond donors (Lipinski definition) is 1. The molecule has 5 nitrogen and oxygen atoms in total. The lowest BCUT2D eigenvalue weighted by Crippen LogP contribution is -2.46. The van der Waals surface area contributed by atoms with Crippen LogP contribution in [-0.2, 0) is 18.5 Å². The molecule has 1 aromatic heterocycles. The third kappa shape index (κ3) is 3.56. The van der Waals surface area contributed by atoms with Crippen molar-refractivity contribution in [1.29, 1.82) is 0 Å². The summed E-state index contributed by atoms with van der Waals surface area (Å²) >= 11 is 12.4. The molecule has 0 atom stereocenters. The summed E-state index contributed by atoms with van der Waals surface area (Å²) in [6.45, 7) is 1.98. The molecular formula is C18H22Cl2N4O. The van der Waals surface area contributed by atoms with Crippen LogP contribution in [0.1, 0.15) is 49.4 Å². The fourth-order valence-electron chi connectivity index (χ4n) is 3.73. The highest BCUT2D eigenvalue weighted by Crippen LogP contribution is 2.47. The number of aromatic nitrogens is 2. The topological polar surface area (TPSA) is 68.2 Å². The van der Waals surface area contributed by atoms with E-state index in [0.717, 1.165) is 12.4 Å². The van der Waals surface area contributed by atoms with Crippen molar-refractivity contribution in [2.24, 2.45) is 5.73 Å². The molecule has 0 aliphatic heterocycles. The standard InChI is InChI=1S/C18H22Cl2N4O/c19-14-5-2-12(8-15(14)20)18(6-1-7-18)11-24(13-3-4-13)10-16-22-17(9-21)25-23-16/h2,5,8,13H,1,3-4,6-7,9-11,21H2. The smallest absolute Gasteiger partial charge is 0.240 e. The second-order valence-corrected chi connectivity index (χ2v) is 8.02. The average Bonchev–Trinajstić information content (AvgIpc) is 3.32. The summed E-state index contributed by atoms with van der Waals surface area (Å²) in [6.07, 6.45) is 6.07. The van der Waals surface area contributed by atoms with Crippen LogP contribution in [0.2, 0.25) is 10.0 Å². The third-order valence-electron chi connectivity index (χ3n) is 5.44. The van der Waals surface area contributed by atoms with E-state index in [4.69, 9.17) is 33.5 Å². The lowest BCUT2D eigenvalue weighted by atomic mass is 9.64. The Bertz CT molecular complexity index is 755. The van der Waals surface area contributed by atoms with Crippen molar-refractivity contribution < 1.29 is 4.52 Å². The summed E-state index contributed by atoms with van der Waals surface area (Å²) < 4.78 is 5.15. The first-order valence-corrected chi connectivity index (χ1v) is 9.56. The van der Waals surface area contributed by atoms with Crippen LogP contribution in [0.25, 0.3) is 0 Å². The molecule has 0 amide bonds. The number of halogens is 2. The lowest BCUT2D eigenvalue weighted by Gasteiger charge is -2.46. The van der Waals surface area contributed by atoms with Crippen LogP contribution in [0.3, 0.4) is 0 Å². The fourth-order valence-corrected chi connectivity index (χ4v) is 4.03. The van der Waals surface area contributed by atoms with Crippen molar-refractivity contribution >= 4 is 23.2 Å². The van der Waals surface area contributed by atoms with Crippen molar-refractivity contribution in [1.82, 2.24) is 15.0 Å². The van der Waals surface area contributed by atoms with E-state index in [-0.39, 0.29) is 12.0 Å². The monoisotopic (exact) mass is 380 g/mol. The van der Waals surface area contributed by atoms with Gasteiger partial charge in [-0.3, -0.25) is 4.90 Å². The summed E-state index contributed by atoms with van der Waals surface area (Å²) in [5.74, 6) is 1.21. The van der Waals surface area contributed by atoms with Crippen LogP contribution in [0.4, 0.5) is 0 Å². The van der Waals surface area contributed by atoms with Gasteiger partial charge < -0.3 is 10.3 Å². The fraction of sp³-hybridized carbons (Fsp3) is 0.556. The molecule has 4 rings (SSSR count). The largest absolute Gasteiger partial charge is 0.338 e. The van der Waals surface area contributed by atoms with E-state index in [1.165, 1.54) is 37.7 Å². The Morgan fingerprint density at radius 3 is 2.60 bits per heavy atom. The van der Waals surface area contributed by atoms with E-state index in [9.17, 15) is 0 Å². The Morgan fingerprint density at radius 2 is 2.04 bits per heavy atom. The molecule has 2 saturated carbocycles. The zero-order valence-corrected chi connectivity index (χ0v) is 15.6. The Kier molecular flexibility index (Phi) is 4.75. The van der Waals surface area contributed by atoms with Gasteiger partial charge >= 0.3 is 0 Å². The van der Waals surface area contributed by atoms with Gasteiger partial charge in [-0.25, -0.2) is 0 Å². The second kappa shape index (κ2) is 6.88. The van der Waals surface area contributed by atoms with Gasteiger partial charge in [-0.15, -0.1) is 0 Å². The molecule has 134 valence electrons. The van der Waals surface area contributed by atoms with Crippen LogP contribution < -0.4 is 5.73 Å². The quantitative estimate of drug-likeness (QED) is 0.787. The predicted octanol–water partition coefficient (Wildman–Crippen LogP) is 3.92. The lowest BCUT2D eigenvalue weighted by molar-refractivity contribution is 0.124. The Morgan fingerprint density at radius 1 is 1.24 bits per heavy atom. The van der Waals surface area contributed by atoms with Gasteiger partial charge in [0.05, 0.1) is 23.1 Å². The van der Waals surface area contributed by atoms with Crippen LogP contribution in [0, 0.1) is 0 Å². The van der Waals surface area contributed by atoms with E-state index in [0.29, 0.717) is 28.5 Å². The molecule has 2 aliphatic rings. The summed E-state index contributed by atoms with van der Waals surface area (Å²) in [6, 6.07) is 6.68. The molecule has 2 fully saturated rings. The number of hydrogen-bond acceptors (Lipinski definition) is 5. The minimum Gasteiger partial charge on any atom is -0.338 e. The first kappa shape index (κ1) is 17.3. The highest BCUT2D eigenvalue weighted by molar-refractivity contribution is 6.42. The summed E-state index contributed by atoms with van der Waals surface area (Å²) in [7, 11) is 0. The number of rotatable bonds is 7. The summed E-state index contributed by atoms with van der Waals surface area (Å²) in [5.41, 5.74) is 7.00. The maximum Gasteiger partial charge on any atom is 0.240 e. The molecule has 0 spiro atoms. The third-order valence-corrected chi connectivity index (χ3v) is 6.18. The van der Waals surface area contributed by atoms with Gasteiger partial charge in [-0.05, 0) is 43.4 Å². The zero-order chi connectivity index (χ0) is 17.4. The maximum atomic E-state index is 6.27. The van der Waals surface area contributed by atoms with E-state index >= 15 is 0 Å². The van der Waals surface area contributed by atoms with E-state index < -0.39 is 0 Å². The molecule has 0 unspecified atom stereocenters. The predicted molar refractivity (Wildman–Crippen MR) is 97.6 cm³/mol. The van der Waals surface area contributed by atoms with Crippen molar-refractivity contribution in [2.45, 2.75) is 56.7 Å². The van der Waals surface area contributed by atoms with E-state index in [2.05, 4.69) is 21.1 Å². The average molecular weight is 381 g/mol. The van der Waals surface area contributed by atoms with Crippen molar-refractivity contribution in [3.8, 4) is 0 Å². The Hall–Kier alpha value is -1.14. The minimum absolute atomic E-state index is 0.150. The Labute approximate surface area is 157 Å². The number of nitrogens with two attached hydrogens (primary N) is 1. The molecular weight excluding hydrogens is 359 g/mol. The Balaban J connectivity index is 1.54. The van der Waals surface area contributed by atoms with Crippen LogP contribution in [0.5, 0.6) is 0 Å². The minimum atomic E-state index is 0.150. The van der Waals surface area contributed by atoms with Gasteiger partial charge in [0.1, 0.15) is 0 Å². The molecule has 2 aromatic rings. The molecule has 2 N–H and O–H groups in total. The molecule has 2 aliphatic carbocycles. The van der Waals surface area contributed by atoms with Gasteiger partial charge in [-0.2, -0.15) is 4.98 Å². The van der Waals surface area contributed by atoms with Gasteiger partial charge in [0.25, 0.3) is 0 Å². The maximum absolute atomic E-state index is 6.27. The summed E-state index contributed by atoms with van der Waals surface area (Å²) in [4.78, 5) is 6.86. The molecule has 25 heavy (non-hydrogen) atoms. The van der Waals surface area contributed by atoms with Gasteiger partial charge in [-0.1, -0.05) is 40.8 Å². The van der Waals surface area contributed by atoms with Crippen LogP contribution >= 0.6 is 23.2 Å². The van der Waals surface area contributed by atoms with Gasteiger partial charge in [0.2, 0.25) is 5.89 Å². The van der Waals surface area contributed by atoms with Crippen LogP contribution in [0.15, 0.2) is 22.7 Å². The SMILES string of the molecule is NCc1nc(CN(CC2(c3ccc(Cl)c(Cl)c3)CCC2)C2CC2)no1.